The number of benzene rings is 2. The molecule has 1 amide bonds. The summed E-state index contributed by atoms with van der Waals surface area (Å²) in [7, 11) is 0. The van der Waals surface area contributed by atoms with Crippen molar-refractivity contribution in [1.82, 2.24) is 0 Å². The van der Waals surface area contributed by atoms with Gasteiger partial charge in [-0.15, -0.1) is 0 Å². The fourth-order valence-electron chi connectivity index (χ4n) is 2.21. The van der Waals surface area contributed by atoms with Gasteiger partial charge in [-0.25, -0.2) is 0 Å². The molecule has 0 fully saturated rings. The average Bonchev–Trinajstić information content (AvgIpc) is 2.50. The van der Waals surface area contributed by atoms with E-state index in [1.807, 2.05) is 39.0 Å². The number of hydrogen-bond donors (Lipinski definition) is 1. The fraction of sp³-hybridized carbons (Fsp3) is 0.278. The van der Waals surface area contributed by atoms with Crippen LogP contribution in [0.15, 0.2) is 36.4 Å². The van der Waals surface area contributed by atoms with Crippen LogP contribution in [0.4, 0.5) is 5.69 Å². The van der Waals surface area contributed by atoms with Crippen molar-refractivity contribution < 1.29 is 9.53 Å². The van der Waals surface area contributed by atoms with E-state index in [1.54, 1.807) is 18.2 Å². The van der Waals surface area contributed by atoms with Crippen molar-refractivity contribution in [2.75, 3.05) is 5.32 Å². The van der Waals surface area contributed by atoms with E-state index in [0.29, 0.717) is 27.9 Å². The summed E-state index contributed by atoms with van der Waals surface area (Å²) < 4.78 is 5.87. The fourth-order valence-corrected chi connectivity index (χ4v) is 2.55. The lowest BCUT2D eigenvalue weighted by molar-refractivity contribution is -0.122. The van der Waals surface area contributed by atoms with E-state index in [0.717, 1.165) is 11.1 Å². The van der Waals surface area contributed by atoms with Gasteiger partial charge in [0.25, 0.3) is 5.91 Å². The highest BCUT2D eigenvalue weighted by molar-refractivity contribution is 6.35. The molecule has 0 saturated carbocycles. The van der Waals surface area contributed by atoms with E-state index >= 15 is 0 Å². The number of amides is 1. The van der Waals surface area contributed by atoms with Gasteiger partial charge in [-0.3, -0.25) is 4.79 Å². The molecule has 0 aliphatic rings. The molecule has 1 atom stereocenters. The predicted octanol–water partition coefficient (Wildman–Crippen LogP) is 5.41. The van der Waals surface area contributed by atoms with Gasteiger partial charge < -0.3 is 10.1 Å². The Morgan fingerprint density at radius 3 is 2.57 bits per heavy atom. The molecule has 23 heavy (non-hydrogen) atoms. The number of hydrogen-bond acceptors (Lipinski definition) is 2. The number of anilines is 1. The molecule has 1 N–H and O–H groups in total. The van der Waals surface area contributed by atoms with Crippen molar-refractivity contribution in [3.63, 3.8) is 0 Å². The van der Waals surface area contributed by atoms with Gasteiger partial charge in [-0.05, 0) is 50.1 Å². The van der Waals surface area contributed by atoms with E-state index in [9.17, 15) is 4.79 Å². The topological polar surface area (TPSA) is 38.3 Å². The minimum Gasteiger partial charge on any atom is -0.480 e. The summed E-state index contributed by atoms with van der Waals surface area (Å²) in [6, 6.07) is 10.8. The first kappa shape index (κ1) is 17.6. The molecule has 2 aromatic carbocycles. The maximum absolute atomic E-state index is 12.5. The Morgan fingerprint density at radius 1 is 1.17 bits per heavy atom. The summed E-state index contributed by atoms with van der Waals surface area (Å²) in [4.78, 5) is 12.5. The third kappa shape index (κ3) is 4.63. The Bertz CT molecular complexity index is 716. The van der Waals surface area contributed by atoms with E-state index in [1.165, 1.54) is 0 Å². The highest BCUT2D eigenvalue weighted by Crippen LogP contribution is 2.26. The molecule has 0 radical (unpaired) electrons. The second-order valence-electron chi connectivity index (χ2n) is 5.40. The largest absolute Gasteiger partial charge is 0.480 e. The molecule has 0 aliphatic carbocycles. The zero-order valence-electron chi connectivity index (χ0n) is 13.3. The van der Waals surface area contributed by atoms with Gasteiger partial charge in [0.15, 0.2) is 6.10 Å². The second-order valence-corrected chi connectivity index (χ2v) is 6.24. The lowest BCUT2D eigenvalue weighted by atomic mass is 10.1. The highest BCUT2D eigenvalue weighted by atomic mass is 35.5. The first-order chi connectivity index (χ1) is 10.9. The Labute approximate surface area is 146 Å². The van der Waals surface area contributed by atoms with Gasteiger partial charge in [-0.2, -0.15) is 0 Å². The lowest BCUT2D eigenvalue weighted by Crippen LogP contribution is -2.32. The standard InChI is InChI=1S/C18H19Cl2NO2/c1-4-16(23-17-8-5-11(2)9-12(17)3)18(22)21-15-10-13(19)6-7-14(15)20/h5-10,16H,4H2,1-3H3,(H,21,22)/t16-/m1/s1. The van der Waals surface area contributed by atoms with Crippen molar-refractivity contribution in [3.8, 4) is 5.75 Å². The van der Waals surface area contributed by atoms with Crippen LogP contribution < -0.4 is 10.1 Å². The molecular weight excluding hydrogens is 333 g/mol. The first-order valence-corrected chi connectivity index (χ1v) is 8.16. The quantitative estimate of drug-likeness (QED) is 0.782. The van der Waals surface area contributed by atoms with E-state index in [2.05, 4.69) is 5.32 Å². The van der Waals surface area contributed by atoms with Gasteiger partial charge in [0.05, 0.1) is 10.7 Å². The van der Waals surface area contributed by atoms with Crippen molar-refractivity contribution in [1.29, 1.82) is 0 Å². The lowest BCUT2D eigenvalue weighted by Gasteiger charge is -2.19. The molecule has 5 heteroatoms. The van der Waals surface area contributed by atoms with Gasteiger partial charge in [0.1, 0.15) is 5.75 Å². The summed E-state index contributed by atoms with van der Waals surface area (Å²) in [5, 5.41) is 3.71. The van der Waals surface area contributed by atoms with Gasteiger partial charge in [0, 0.05) is 5.02 Å². The molecule has 0 saturated heterocycles. The Hall–Kier alpha value is -1.71. The van der Waals surface area contributed by atoms with Crippen molar-refractivity contribution in [2.24, 2.45) is 0 Å². The van der Waals surface area contributed by atoms with E-state index in [-0.39, 0.29) is 5.91 Å². The van der Waals surface area contributed by atoms with Crippen molar-refractivity contribution in [2.45, 2.75) is 33.3 Å². The van der Waals surface area contributed by atoms with Crippen LogP contribution in [0.2, 0.25) is 10.0 Å². The minimum atomic E-state index is -0.605. The van der Waals surface area contributed by atoms with Crippen LogP contribution in [0.5, 0.6) is 5.75 Å². The number of carbonyl (C=O) groups excluding carboxylic acids is 1. The number of rotatable bonds is 5. The third-order valence-corrected chi connectivity index (χ3v) is 4.01. The summed E-state index contributed by atoms with van der Waals surface area (Å²) in [6.07, 6.45) is -0.0661. The molecule has 2 rings (SSSR count). The maximum Gasteiger partial charge on any atom is 0.265 e. The van der Waals surface area contributed by atoms with E-state index < -0.39 is 6.10 Å². The number of carbonyl (C=O) groups is 1. The minimum absolute atomic E-state index is 0.253. The molecule has 122 valence electrons. The van der Waals surface area contributed by atoms with Gasteiger partial charge >= 0.3 is 0 Å². The van der Waals surface area contributed by atoms with Crippen LogP contribution in [0.25, 0.3) is 0 Å². The molecular formula is C18H19Cl2NO2. The molecule has 2 aromatic rings. The first-order valence-electron chi connectivity index (χ1n) is 7.40. The zero-order valence-corrected chi connectivity index (χ0v) is 14.8. The van der Waals surface area contributed by atoms with Crippen molar-refractivity contribution in [3.05, 3.63) is 57.6 Å². The molecule has 0 unspecified atom stereocenters. The Morgan fingerprint density at radius 2 is 1.91 bits per heavy atom. The molecule has 0 aromatic heterocycles. The van der Waals surface area contributed by atoms with Crippen molar-refractivity contribution >= 4 is 34.8 Å². The third-order valence-electron chi connectivity index (χ3n) is 3.45. The predicted molar refractivity (Wildman–Crippen MR) is 95.7 cm³/mol. The van der Waals surface area contributed by atoms with Gasteiger partial charge in [0.2, 0.25) is 0 Å². The van der Waals surface area contributed by atoms with Crippen LogP contribution in [0.1, 0.15) is 24.5 Å². The average molecular weight is 352 g/mol. The summed E-state index contributed by atoms with van der Waals surface area (Å²) in [5.41, 5.74) is 2.63. The Kier molecular flexibility index (Phi) is 5.91. The number of aryl methyl sites for hydroxylation is 2. The normalized spacial score (nSPS) is 11.9. The summed E-state index contributed by atoms with van der Waals surface area (Å²) in [6.45, 7) is 5.87. The maximum atomic E-state index is 12.5. The summed E-state index contributed by atoms with van der Waals surface area (Å²) >= 11 is 12.0. The number of ether oxygens (including phenoxy) is 1. The van der Waals surface area contributed by atoms with Crippen LogP contribution in [0.3, 0.4) is 0 Å². The van der Waals surface area contributed by atoms with Gasteiger partial charge in [-0.1, -0.05) is 47.8 Å². The van der Waals surface area contributed by atoms with Crippen LogP contribution in [0, 0.1) is 13.8 Å². The monoisotopic (exact) mass is 351 g/mol. The molecule has 0 spiro atoms. The number of nitrogens with one attached hydrogen (secondary N) is 1. The van der Waals surface area contributed by atoms with Crippen LogP contribution in [-0.4, -0.2) is 12.0 Å². The van der Waals surface area contributed by atoms with Crippen LogP contribution in [-0.2, 0) is 4.79 Å². The zero-order chi connectivity index (χ0) is 17.0. The highest BCUT2D eigenvalue weighted by Gasteiger charge is 2.20. The summed E-state index contributed by atoms with van der Waals surface area (Å²) in [5.74, 6) is 0.450. The van der Waals surface area contributed by atoms with E-state index in [4.69, 9.17) is 27.9 Å². The molecule has 3 nitrogen and oxygen atoms in total. The molecule has 0 bridgehead atoms. The SMILES string of the molecule is CC[C@@H](Oc1ccc(C)cc1C)C(=O)Nc1cc(Cl)ccc1Cl. The molecule has 0 heterocycles. The Balaban J connectivity index is 2.13. The molecule has 0 aliphatic heterocycles. The second kappa shape index (κ2) is 7.71. The van der Waals surface area contributed by atoms with Crippen LogP contribution >= 0.6 is 23.2 Å². The number of halogens is 2. The smallest absolute Gasteiger partial charge is 0.265 e.